The summed E-state index contributed by atoms with van der Waals surface area (Å²) >= 11 is 1.81. The second-order valence-corrected chi connectivity index (χ2v) is 5.90. The van der Waals surface area contributed by atoms with Gasteiger partial charge in [-0.2, -0.15) is 0 Å². The predicted octanol–water partition coefficient (Wildman–Crippen LogP) is 3.15. The first-order valence-electron chi connectivity index (χ1n) is 6.93. The summed E-state index contributed by atoms with van der Waals surface area (Å²) in [7, 11) is 1.69. The molecule has 0 radical (unpaired) electrons. The summed E-state index contributed by atoms with van der Waals surface area (Å²) < 4.78 is 5.16. The molecule has 1 aromatic heterocycles. The van der Waals surface area contributed by atoms with Gasteiger partial charge in [-0.05, 0) is 54.8 Å². The van der Waals surface area contributed by atoms with Gasteiger partial charge in [-0.1, -0.05) is 18.2 Å². The maximum atomic E-state index is 5.66. The minimum absolute atomic E-state index is 0.360. The van der Waals surface area contributed by atoms with Crippen molar-refractivity contribution < 1.29 is 4.74 Å². The van der Waals surface area contributed by atoms with Crippen LogP contribution in [0.5, 0.6) is 5.75 Å². The zero-order chi connectivity index (χ0) is 14.2. The number of nitrogens with two attached hydrogens (primary N) is 1. The average molecular weight is 290 g/mol. The molecule has 4 heteroatoms. The zero-order valence-corrected chi connectivity index (χ0v) is 12.7. The second-order valence-electron chi connectivity index (χ2n) is 4.87. The Morgan fingerprint density at radius 3 is 2.50 bits per heavy atom. The fourth-order valence-corrected chi connectivity index (χ4v) is 2.94. The van der Waals surface area contributed by atoms with Crippen LogP contribution >= 0.6 is 11.3 Å². The van der Waals surface area contributed by atoms with E-state index in [-0.39, 0.29) is 0 Å². The summed E-state index contributed by atoms with van der Waals surface area (Å²) in [6.07, 6.45) is 4.25. The third kappa shape index (κ3) is 4.63. The standard InChI is InChI=1S/C16H22N2OS/c1-19-15-9-5-13(6-10-15)4-7-14(18-17)8-11-16-3-2-12-20-16/h2-3,5-6,9-10,12,14,18H,4,7-8,11,17H2,1H3. The van der Waals surface area contributed by atoms with Crippen LogP contribution in [0.3, 0.4) is 0 Å². The van der Waals surface area contributed by atoms with E-state index < -0.39 is 0 Å². The Bertz CT molecular complexity index is 482. The van der Waals surface area contributed by atoms with Crippen molar-refractivity contribution in [2.45, 2.75) is 31.7 Å². The van der Waals surface area contributed by atoms with Gasteiger partial charge in [0.05, 0.1) is 7.11 Å². The summed E-state index contributed by atoms with van der Waals surface area (Å²) in [5.74, 6) is 6.56. The van der Waals surface area contributed by atoms with Gasteiger partial charge < -0.3 is 4.74 Å². The van der Waals surface area contributed by atoms with E-state index in [1.807, 2.05) is 23.5 Å². The minimum Gasteiger partial charge on any atom is -0.497 e. The Balaban J connectivity index is 1.77. The molecule has 0 fully saturated rings. The van der Waals surface area contributed by atoms with Crippen molar-refractivity contribution in [2.75, 3.05) is 7.11 Å². The molecule has 0 saturated carbocycles. The van der Waals surface area contributed by atoms with Crippen LogP contribution < -0.4 is 16.0 Å². The van der Waals surface area contributed by atoms with Crippen LogP contribution in [0.4, 0.5) is 0 Å². The highest BCUT2D eigenvalue weighted by Crippen LogP contribution is 2.16. The quantitative estimate of drug-likeness (QED) is 0.580. The first kappa shape index (κ1) is 15.0. The maximum Gasteiger partial charge on any atom is 0.118 e. The molecule has 20 heavy (non-hydrogen) atoms. The van der Waals surface area contributed by atoms with Gasteiger partial charge in [0.1, 0.15) is 5.75 Å². The van der Waals surface area contributed by atoms with Gasteiger partial charge in [0.15, 0.2) is 0 Å². The zero-order valence-electron chi connectivity index (χ0n) is 11.8. The van der Waals surface area contributed by atoms with Crippen LogP contribution in [0.15, 0.2) is 41.8 Å². The van der Waals surface area contributed by atoms with Crippen LogP contribution in [0.1, 0.15) is 23.3 Å². The van der Waals surface area contributed by atoms with E-state index >= 15 is 0 Å². The van der Waals surface area contributed by atoms with Gasteiger partial charge in [0.2, 0.25) is 0 Å². The van der Waals surface area contributed by atoms with Gasteiger partial charge in [-0.15, -0.1) is 11.3 Å². The number of hydrazine groups is 1. The van der Waals surface area contributed by atoms with Gasteiger partial charge in [-0.25, -0.2) is 0 Å². The maximum absolute atomic E-state index is 5.66. The van der Waals surface area contributed by atoms with E-state index in [2.05, 4.69) is 35.1 Å². The molecule has 0 saturated heterocycles. The summed E-state index contributed by atoms with van der Waals surface area (Å²) in [5, 5.41) is 2.12. The van der Waals surface area contributed by atoms with E-state index in [4.69, 9.17) is 10.6 Å². The topological polar surface area (TPSA) is 47.3 Å². The van der Waals surface area contributed by atoms with Crippen molar-refractivity contribution in [1.29, 1.82) is 0 Å². The lowest BCUT2D eigenvalue weighted by atomic mass is 10.0. The normalized spacial score (nSPS) is 12.3. The summed E-state index contributed by atoms with van der Waals surface area (Å²) in [6.45, 7) is 0. The van der Waals surface area contributed by atoms with Crippen molar-refractivity contribution in [3.8, 4) is 5.75 Å². The Morgan fingerprint density at radius 1 is 1.15 bits per heavy atom. The Labute approximate surface area is 124 Å². The second kappa shape index (κ2) is 8.04. The SMILES string of the molecule is COc1ccc(CCC(CCc2cccs2)NN)cc1. The molecule has 3 N–H and O–H groups in total. The molecule has 0 aliphatic carbocycles. The highest BCUT2D eigenvalue weighted by Gasteiger charge is 2.08. The highest BCUT2D eigenvalue weighted by molar-refractivity contribution is 7.09. The minimum atomic E-state index is 0.360. The van der Waals surface area contributed by atoms with Crippen LogP contribution in [-0.2, 0) is 12.8 Å². The van der Waals surface area contributed by atoms with E-state index in [1.54, 1.807) is 7.11 Å². The van der Waals surface area contributed by atoms with Crippen molar-refractivity contribution in [3.63, 3.8) is 0 Å². The molecule has 1 heterocycles. The number of nitrogens with one attached hydrogen (secondary N) is 1. The average Bonchev–Trinajstić information content (AvgIpc) is 3.01. The van der Waals surface area contributed by atoms with Crippen LogP contribution in [0, 0.1) is 0 Å². The molecule has 0 bridgehead atoms. The Hall–Kier alpha value is -1.36. The molecular weight excluding hydrogens is 268 g/mol. The Morgan fingerprint density at radius 2 is 1.90 bits per heavy atom. The van der Waals surface area contributed by atoms with Crippen molar-refractivity contribution in [3.05, 3.63) is 52.2 Å². The molecule has 3 nitrogen and oxygen atoms in total. The third-order valence-corrected chi connectivity index (χ3v) is 4.43. The molecule has 0 aliphatic rings. The number of rotatable bonds is 8. The number of methoxy groups -OCH3 is 1. The molecule has 108 valence electrons. The Kier molecular flexibility index (Phi) is 6.05. The van der Waals surface area contributed by atoms with Gasteiger partial charge in [0.25, 0.3) is 0 Å². The lowest BCUT2D eigenvalue weighted by Gasteiger charge is -2.15. The molecule has 1 unspecified atom stereocenters. The predicted molar refractivity (Wildman–Crippen MR) is 85.1 cm³/mol. The lowest BCUT2D eigenvalue weighted by Crippen LogP contribution is -2.35. The van der Waals surface area contributed by atoms with Gasteiger partial charge >= 0.3 is 0 Å². The first-order chi connectivity index (χ1) is 9.81. The fourth-order valence-electron chi connectivity index (χ4n) is 2.22. The number of hydrogen-bond donors (Lipinski definition) is 2. The van der Waals surface area contributed by atoms with Crippen molar-refractivity contribution in [2.24, 2.45) is 5.84 Å². The van der Waals surface area contributed by atoms with Crippen molar-refractivity contribution >= 4 is 11.3 Å². The largest absolute Gasteiger partial charge is 0.497 e. The monoisotopic (exact) mass is 290 g/mol. The lowest BCUT2D eigenvalue weighted by molar-refractivity contribution is 0.414. The number of aryl methyl sites for hydroxylation is 2. The number of thiophene rings is 1. The van der Waals surface area contributed by atoms with E-state index in [9.17, 15) is 0 Å². The first-order valence-corrected chi connectivity index (χ1v) is 7.81. The van der Waals surface area contributed by atoms with E-state index in [0.29, 0.717) is 6.04 Å². The fraction of sp³-hybridized carbons (Fsp3) is 0.375. The summed E-state index contributed by atoms with van der Waals surface area (Å²) in [5.41, 5.74) is 4.26. The van der Waals surface area contributed by atoms with E-state index in [0.717, 1.165) is 31.4 Å². The molecule has 0 aliphatic heterocycles. The van der Waals surface area contributed by atoms with Gasteiger partial charge in [0, 0.05) is 10.9 Å². The van der Waals surface area contributed by atoms with Crippen LogP contribution in [-0.4, -0.2) is 13.2 Å². The number of ether oxygens (including phenoxy) is 1. The smallest absolute Gasteiger partial charge is 0.118 e. The van der Waals surface area contributed by atoms with Gasteiger partial charge in [-0.3, -0.25) is 11.3 Å². The van der Waals surface area contributed by atoms with Crippen LogP contribution in [0.2, 0.25) is 0 Å². The number of hydrogen-bond acceptors (Lipinski definition) is 4. The number of benzene rings is 1. The van der Waals surface area contributed by atoms with Crippen LogP contribution in [0.25, 0.3) is 0 Å². The molecule has 0 spiro atoms. The van der Waals surface area contributed by atoms with Crippen molar-refractivity contribution in [1.82, 2.24) is 5.43 Å². The summed E-state index contributed by atoms with van der Waals surface area (Å²) in [6, 6.07) is 12.9. The molecule has 1 atom stereocenters. The van der Waals surface area contributed by atoms with E-state index in [1.165, 1.54) is 10.4 Å². The molecule has 0 amide bonds. The summed E-state index contributed by atoms with van der Waals surface area (Å²) in [4.78, 5) is 1.43. The molecule has 2 aromatic rings. The third-order valence-electron chi connectivity index (χ3n) is 3.50. The molecular formula is C16H22N2OS. The molecule has 2 rings (SSSR count). The highest BCUT2D eigenvalue weighted by atomic mass is 32.1. The molecule has 1 aromatic carbocycles.